The monoisotopic (exact) mass is 328 g/mol. The maximum absolute atomic E-state index is 5.93. The molecule has 0 spiro atoms. The Morgan fingerprint density at radius 3 is 2.36 bits per heavy atom. The van der Waals surface area contributed by atoms with Crippen LogP contribution >= 0.6 is 22.9 Å². The summed E-state index contributed by atoms with van der Waals surface area (Å²) in [6, 6.07) is 16.2. The lowest BCUT2D eigenvalue weighted by molar-refractivity contribution is 0.745. The molecule has 0 N–H and O–H groups in total. The molecule has 3 aromatic rings. The van der Waals surface area contributed by atoms with Crippen LogP contribution in [-0.2, 0) is 6.54 Å². The van der Waals surface area contributed by atoms with E-state index in [0.29, 0.717) is 0 Å². The first kappa shape index (κ1) is 15.1. The molecule has 0 amide bonds. The number of hydrogen-bond donors (Lipinski definition) is 0. The highest BCUT2D eigenvalue weighted by atomic mass is 35.5. The molecule has 112 valence electrons. The Bertz CT molecular complexity index is 827. The van der Waals surface area contributed by atoms with E-state index in [1.165, 1.54) is 16.8 Å². The summed E-state index contributed by atoms with van der Waals surface area (Å²) in [7, 11) is 0. The predicted molar refractivity (Wildman–Crippen MR) is 94.8 cm³/mol. The van der Waals surface area contributed by atoms with Crippen molar-refractivity contribution < 1.29 is 0 Å². The minimum Gasteiger partial charge on any atom is -0.317 e. The van der Waals surface area contributed by atoms with E-state index in [4.69, 9.17) is 16.6 Å². The van der Waals surface area contributed by atoms with Gasteiger partial charge in [-0.1, -0.05) is 41.4 Å². The molecule has 0 aliphatic carbocycles. The van der Waals surface area contributed by atoms with Crippen molar-refractivity contribution in [1.29, 1.82) is 0 Å². The van der Waals surface area contributed by atoms with Gasteiger partial charge in [0, 0.05) is 16.9 Å². The average Bonchev–Trinajstić information content (AvgIpc) is 2.93. The van der Waals surface area contributed by atoms with Crippen LogP contribution in [0.5, 0.6) is 0 Å². The smallest absolute Gasteiger partial charge is 0.190 e. The molecular weight excluding hydrogens is 312 g/mol. The van der Waals surface area contributed by atoms with Crippen LogP contribution in [0.2, 0.25) is 5.02 Å². The molecule has 0 unspecified atom stereocenters. The molecule has 2 aromatic carbocycles. The third kappa shape index (κ3) is 3.16. The lowest BCUT2D eigenvalue weighted by Crippen LogP contribution is -2.14. The molecule has 0 bridgehead atoms. The molecule has 22 heavy (non-hydrogen) atoms. The van der Waals surface area contributed by atoms with Crippen LogP contribution in [0.3, 0.4) is 0 Å². The summed E-state index contributed by atoms with van der Waals surface area (Å²) in [5, 5.41) is 2.90. The number of aryl methyl sites for hydroxylation is 1. The zero-order valence-corrected chi connectivity index (χ0v) is 14.2. The number of benzene rings is 2. The average molecular weight is 329 g/mol. The third-order valence-corrected chi connectivity index (χ3v) is 4.63. The minimum absolute atomic E-state index is 0.730. The molecule has 0 aliphatic rings. The van der Waals surface area contributed by atoms with Gasteiger partial charge in [0.25, 0.3) is 0 Å². The van der Waals surface area contributed by atoms with Crippen LogP contribution < -0.4 is 4.80 Å². The highest BCUT2D eigenvalue weighted by molar-refractivity contribution is 7.07. The van der Waals surface area contributed by atoms with Crippen molar-refractivity contribution in [3.8, 4) is 11.3 Å². The summed E-state index contributed by atoms with van der Waals surface area (Å²) in [5.41, 5.74) is 4.62. The van der Waals surface area contributed by atoms with E-state index in [9.17, 15) is 0 Å². The van der Waals surface area contributed by atoms with E-state index in [2.05, 4.69) is 48.1 Å². The van der Waals surface area contributed by atoms with Gasteiger partial charge in [-0.25, -0.2) is 4.99 Å². The molecule has 0 saturated carbocycles. The zero-order valence-electron chi connectivity index (χ0n) is 12.6. The maximum Gasteiger partial charge on any atom is 0.190 e. The van der Waals surface area contributed by atoms with Crippen molar-refractivity contribution in [1.82, 2.24) is 4.57 Å². The molecule has 1 heterocycles. The number of rotatable bonds is 3. The van der Waals surface area contributed by atoms with Crippen molar-refractivity contribution in [2.45, 2.75) is 20.4 Å². The van der Waals surface area contributed by atoms with Crippen LogP contribution in [0.1, 0.15) is 12.5 Å². The SMILES string of the molecule is CCn1c(-c2ccc(C)cc2)csc1=Nc1ccc(Cl)cc1. The van der Waals surface area contributed by atoms with Gasteiger partial charge in [-0.15, -0.1) is 11.3 Å². The normalized spacial score (nSPS) is 11.9. The number of thiazole rings is 1. The van der Waals surface area contributed by atoms with Gasteiger partial charge in [0.05, 0.1) is 11.4 Å². The topological polar surface area (TPSA) is 17.3 Å². The minimum atomic E-state index is 0.730. The summed E-state index contributed by atoms with van der Waals surface area (Å²) in [6.07, 6.45) is 0. The van der Waals surface area contributed by atoms with Crippen molar-refractivity contribution >= 4 is 28.6 Å². The molecule has 4 heteroatoms. The van der Waals surface area contributed by atoms with Gasteiger partial charge in [0.2, 0.25) is 0 Å². The highest BCUT2D eigenvalue weighted by Gasteiger charge is 2.06. The molecule has 0 radical (unpaired) electrons. The Kier molecular flexibility index (Phi) is 4.46. The summed E-state index contributed by atoms with van der Waals surface area (Å²) in [5.74, 6) is 0. The molecule has 0 atom stereocenters. The molecular formula is C18H17ClN2S. The Hall–Kier alpha value is -1.84. The Morgan fingerprint density at radius 2 is 1.73 bits per heavy atom. The summed E-state index contributed by atoms with van der Waals surface area (Å²) in [6.45, 7) is 5.14. The Balaban J connectivity index is 2.07. The van der Waals surface area contributed by atoms with E-state index in [1.807, 2.05) is 24.3 Å². The second-order valence-electron chi connectivity index (χ2n) is 5.10. The van der Waals surface area contributed by atoms with E-state index >= 15 is 0 Å². The molecule has 0 fully saturated rings. The number of nitrogens with zero attached hydrogens (tertiary/aromatic N) is 2. The second kappa shape index (κ2) is 6.51. The van der Waals surface area contributed by atoms with Crippen molar-refractivity contribution in [2.75, 3.05) is 0 Å². The quantitative estimate of drug-likeness (QED) is 0.610. The van der Waals surface area contributed by atoms with Crippen LogP contribution in [0.25, 0.3) is 11.3 Å². The number of aromatic nitrogens is 1. The van der Waals surface area contributed by atoms with Crippen LogP contribution in [0.4, 0.5) is 5.69 Å². The lowest BCUT2D eigenvalue weighted by atomic mass is 10.1. The van der Waals surface area contributed by atoms with Crippen molar-refractivity contribution in [3.05, 3.63) is 69.3 Å². The van der Waals surface area contributed by atoms with Crippen LogP contribution in [0.15, 0.2) is 58.9 Å². The van der Waals surface area contributed by atoms with Crippen molar-refractivity contribution in [3.63, 3.8) is 0 Å². The van der Waals surface area contributed by atoms with Crippen molar-refractivity contribution in [2.24, 2.45) is 4.99 Å². The first-order valence-electron chi connectivity index (χ1n) is 7.23. The standard InChI is InChI=1S/C18H17ClN2S/c1-3-21-17(14-6-4-13(2)5-7-14)12-22-18(21)20-16-10-8-15(19)9-11-16/h4-12H,3H2,1-2H3. The first-order valence-corrected chi connectivity index (χ1v) is 8.49. The maximum atomic E-state index is 5.93. The fraction of sp³-hybridized carbons (Fsp3) is 0.167. The summed E-state index contributed by atoms with van der Waals surface area (Å²) >= 11 is 7.59. The fourth-order valence-corrected chi connectivity index (χ4v) is 3.42. The van der Waals surface area contributed by atoms with E-state index in [1.54, 1.807) is 11.3 Å². The first-order chi connectivity index (χ1) is 10.7. The van der Waals surface area contributed by atoms with Gasteiger partial charge >= 0.3 is 0 Å². The second-order valence-corrected chi connectivity index (χ2v) is 6.38. The number of halogens is 1. The van der Waals surface area contributed by atoms with Gasteiger partial charge in [-0.05, 0) is 43.7 Å². The molecule has 3 rings (SSSR count). The number of hydrogen-bond acceptors (Lipinski definition) is 2. The van der Waals surface area contributed by atoms with Gasteiger partial charge in [-0.2, -0.15) is 0 Å². The van der Waals surface area contributed by atoms with Gasteiger partial charge < -0.3 is 4.57 Å². The predicted octanol–water partition coefficient (Wildman–Crippen LogP) is 5.43. The highest BCUT2D eigenvalue weighted by Crippen LogP contribution is 2.21. The fourth-order valence-electron chi connectivity index (χ4n) is 2.31. The molecule has 2 nitrogen and oxygen atoms in total. The van der Waals surface area contributed by atoms with E-state index < -0.39 is 0 Å². The molecule has 0 saturated heterocycles. The Morgan fingerprint density at radius 1 is 1.05 bits per heavy atom. The van der Waals surface area contributed by atoms with Crippen LogP contribution in [-0.4, -0.2) is 4.57 Å². The molecule has 0 aliphatic heterocycles. The van der Waals surface area contributed by atoms with Gasteiger partial charge in [0.15, 0.2) is 4.80 Å². The third-order valence-electron chi connectivity index (χ3n) is 3.51. The van der Waals surface area contributed by atoms with Gasteiger partial charge in [0.1, 0.15) is 0 Å². The van der Waals surface area contributed by atoms with Gasteiger partial charge in [-0.3, -0.25) is 0 Å². The van der Waals surface area contributed by atoms with E-state index in [0.717, 1.165) is 22.1 Å². The lowest BCUT2D eigenvalue weighted by Gasteiger charge is -2.06. The van der Waals surface area contributed by atoms with Crippen LogP contribution in [0, 0.1) is 6.92 Å². The molecule has 1 aromatic heterocycles. The zero-order chi connectivity index (χ0) is 15.5. The van der Waals surface area contributed by atoms with E-state index in [-0.39, 0.29) is 0 Å². The largest absolute Gasteiger partial charge is 0.317 e. The Labute approximate surface area is 139 Å². The summed E-state index contributed by atoms with van der Waals surface area (Å²) < 4.78 is 2.24. The summed E-state index contributed by atoms with van der Waals surface area (Å²) in [4.78, 5) is 5.74.